The lowest BCUT2D eigenvalue weighted by Gasteiger charge is -2.18. The van der Waals surface area contributed by atoms with Crippen molar-refractivity contribution in [3.05, 3.63) is 95.3 Å². The topological polar surface area (TPSA) is 38.1 Å². The average molecular weight is 396 g/mol. The van der Waals surface area contributed by atoms with Crippen molar-refractivity contribution in [1.82, 2.24) is 9.55 Å². The summed E-state index contributed by atoms with van der Waals surface area (Å²) in [5.74, 6) is 1.25. The maximum Gasteiger partial charge on any atom is 0.227 e. The first-order chi connectivity index (χ1) is 14.6. The molecule has 5 rings (SSSR count). The molecule has 0 radical (unpaired) electrons. The highest BCUT2D eigenvalue weighted by Gasteiger charge is 2.34. The van der Waals surface area contributed by atoms with E-state index in [1.54, 1.807) is 0 Å². The van der Waals surface area contributed by atoms with Crippen LogP contribution in [0.2, 0.25) is 0 Å². The molecule has 1 saturated heterocycles. The van der Waals surface area contributed by atoms with Crippen molar-refractivity contribution < 1.29 is 4.79 Å². The smallest absolute Gasteiger partial charge is 0.227 e. The summed E-state index contributed by atoms with van der Waals surface area (Å²) in [5.41, 5.74) is 6.75. The first-order valence-corrected chi connectivity index (χ1v) is 10.5. The molecule has 4 heteroatoms. The number of imidazole rings is 1. The molecule has 1 aliphatic rings. The highest BCUT2D eigenvalue weighted by Crippen LogP contribution is 2.33. The number of aryl methyl sites for hydroxylation is 2. The Morgan fingerprint density at radius 2 is 1.70 bits per heavy atom. The third kappa shape index (κ3) is 3.39. The summed E-state index contributed by atoms with van der Waals surface area (Å²) >= 11 is 0. The number of rotatable bonds is 4. The molecule has 0 unspecified atom stereocenters. The van der Waals surface area contributed by atoms with Crippen LogP contribution in [-0.4, -0.2) is 22.0 Å². The summed E-state index contributed by atoms with van der Waals surface area (Å²) in [7, 11) is 0. The summed E-state index contributed by atoms with van der Waals surface area (Å²) in [6.45, 7) is 5.60. The van der Waals surface area contributed by atoms with E-state index >= 15 is 0 Å². The number of hydrogen-bond donors (Lipinski definition) is 0. The predicted octanol–water partition coefficient (Wildman–Crippen LogP) is 5.22. The van der Waals surface area contributed by atoms with Crippen molar-refractivity contribution in [3.8, 4) is 0 Å². The number of hydrogen-bond acceptors (Lipinski definition) is 2. The lowest BCUT2D eigenvalue weighted by Crippen LogP contribution is -2.24. The minimum absolute atomic E-state index is 0.0789. The summed E-state index contributed by atoms with van der Waals surface area (Å²) in [6.07, 6.45) is 0.491. The molecule has 0 saturated carbocycles. The molecule has 0 N–H and O–H groups in total. The van der Waals surface area contributed by atoms with Gasteiger partial charge in [0.15, 0.2) is 0 Å². The van der Waals surface area contributed by atoms with Crippen LogP contribution in [0.4, 0.5) is 5.69 Å². The Morgan fingerprint density at radius 3 is 2.50 bits per heavy atom. The van der Waals surface area contributed by atoms with E-state index in [1.165, 1.54) is 11.1 Å². The number of fused-ring (bicyclic) bond motifs is 1. The number of anilines is 1. The molecular weight excluding hydrogens is 370 g/mol. The van der Waals surface area contributed by atoms with Crippen molar-refractivity contribution in [3.63, 3.8) is 0 Å². The van der Waals surface area contributed by atoms with Crippen molar-refractivity contribution in [1.29, 1.82) is 0 Å². The van der Waals surface area contributed by atoms with Gasteiger partial charge in [-0.1, -0.05) is 54.1 Å². The van der Waals surface area contributed by atoms with Gasteiger partial charge in [0, 0.05) is 31.1 Å². The van der Waals surface area contributed by atoms with Crippen LogP contribution in [0.5, 0.6) is 0 Å². The van der Waals surface area contributed by atoms with E-state index in [0.717, 1.165) is 34.7 Å². The molecule has 1 amide bonds. The molecule has 1 atom stereocenters. The fraction of sp³-hybridized carbons (Fsp3) is 0.231. The van der Waals surface area contributed by atoms with Gasteiger partial charge in [0.05, 0.1) is 11.0 Å². The third-order valence-electron chi connectivity index (χ3n) is 5.91. The maximum atomic E-state index is 12.9. The second kappa shape index (κ2) is 7.45. The van der Waals surface area contributed by atoms with Gasteiger partial charge < -0.3 is 9.47 Å². The Hall–Kier alpha value is -3.40. The summed E-state index contributed by atoms with van der Waals surface area (Å²) in [5, 5.41) is 0. The van der Waals surface area contributed by atoms with Gasteiger partial charge in [0.2, 0.25) is 5.91 Å². The van der Waals surface area contributed by atoms with Crippen molar-refractivity contribution in [2.75, 3.05) is 11.4 Å². The van der Waals surface area contributed by atoms with Crippen LogP contribution in [0.15, 0.2) is 72.8 Å². The number of benzene rings is 3. The summed E-state index contributed by atoms with van der Waals surface area (Å²) < 4.78 is 2.29. The highest BCUT2D eigenvalue weighted by atomic mass is 16.2. The molecule has 30 heavy (non-hydrogen) atoms. The largest absolute Gasteiger partial charge is 0.323 e. The zero-order valence-corrected chi connectivity index (χ0v) is 17.4. The first-order valence-electron chi connectivity index (χ1n) is 10.5. The van der Waals surface area contributed by atoms with Crippen LogP contribution in [0.1, 0.15) is 34.9 Å². The molecule has 2 heterocycles. The summed E-state index contributed by atoms with van der Waals surface area (Å²) in [4.78, 5) is 19.8. The molecule has 0 aliphatic carbocycles. The number of carbonyl (C=O) groups is 1. The average Bonchev–Trinajstić information content (AvgIpc) is 3.29. The Bertz CT molecular complexity index is 1240. The molecule has 4 aromatic rings. The normalized spacial score (nSPS) is 16.5. The standard InChI is InChI=1S/C26H25N3O/c1-18-7-5-9-20(13-18)16-29-24-12-4-3-11-23(24)27-26(29)21-15-25(30)28(17-21)22-10-6-8-19(2)14-22/h3-14,21H,15-17H2,1-2H3/t21-/m0/s1. The van der Waals surface area contributed by atoms with Crippen LogP contribution in [0.25, 0.3) is 11.0 Å². The van der Waals surface area contributed by atoms with Gasteiger partial charge in [-0.2, -0.15) is 0 Å². The van der Waals surface area contributed by atoms with Crippen LogP contribution < -0.4 is 4.90 Å². The molecule has 3 aromatic carbocycles. The fourth-order valence-electron chi connectivity index (χ4n) is 4.49. The van der Waals surface area contributed by atoms with E-state index in [4.69, 9.17) is 4.98 Å². The molecule has 4 nitrogen and oxygen atoms in total. The van der Waals surface area contributed by atoms with Crippen molar-refractivity contribution in [2.24, 2.45) is 0 Å². The van der Waals surface area contributed by atoms with E-state index in [9.17, 15) is 4.79 Å². The molecule has 0 bridgehead atoms. The van der Waals surface area contributed by atoms with Gasteiger partial charge in [-0.25, -0.2) is 4.98 Å². The number of carbonyl (C=O) groups excluding carboxylic acids is 1. The van der Waals surface area contributed by atoms with Crippen LogP contribution in [0.3, 0.4) is 0 Å². The van der Waals surface area contributed by atoms with Crippen LogP contribution in [0, 0.1) is 13.8 Å². The summed E-state index contributed by atoms with van der Waals surface area (Å²) in [6, 6.07) is 25.0. The third-order valence-corrected chi connectivity index (χ3v) is 5.91. The van der Waals surface area contributed by atoms with Gasteiger partial charge in [-0.05, 0) is 49.2 Å². The second-order valence-corrected chi connectivity index (χ2v) is 8.28. The number of amides is 1. The van der Waals surface area contributed by atoms with Crippen LogP contribution >= 0.6 is 0 Å². The minimum atomic E-state index is 0.0789. The Kier molecular flexibility index (Phi) is 4.62. The number of para-hydroxylation sites is 2. The predicted molar refractivity (Wildman–Crippen MR) is 121 cm³/mol. The highest BCUT2D eigenvalue weighted by molar-refractivity contribution is 5.96. The quantitative estimate of drug-likeness (QED) is 0.475. The second-order valence-electron chi connectivity index (χ2n) is 8.28. The lowest BCUT2D eigenvalue weighted by molar-refractivity contribution is -0.117. The van der Waals surface area contributed by atoms with E-state index in [0.29, 0.717) is 13.0 Å². The van der Waals surface area contributed by atoms with Gasteiger partial charge in [0.1, 0.15) is 5.82 Å². The zero-order chi connectivity index (χ0) is 20.7. The van der Waals surface area contributed by atoms with E-state index < -0.39 is 0 Å². The van der Waals surface area contributed by atoms with E-state index in [-0.39, 0.29) is 11.8 Å². The maximum absolute atomic E-state index is 12.9. The van der Waals surface area contributed by atoms with Gasteiger partial charge in [-0.3, -0.25) is 4.79 Å². The molecule has 1 aromatic heterocycles. The minimum Gasteiger partial charge on any atom is -0.323 e. The van der Waals surface area contributed by atoms with E-state index in [1.807, 2.05) is 23.1 Å². The van der Waals surface area contributed by atoms with Gasteiger partial charge in [0.25, 0.3) is 0 Å². The Labute approximate surface area is 176 Å². The zero-order valence-electron chi connectivity index (χ0n) is 17.4. The molecule has 1 aliphatic heterocycles. The molecule has 0 spiro atoms. The lowest BCUT2D eigenvalue weighted by atomic mass is 10.1. The van der Waals surface area contributed by atoms with Crippen molar-refractivity contribution >= 4 is 22.6 Å². The Morgan fingerprint density at radius 1 is 0.933 bits per heavy atom. The first kappa shape index (κ1) is 18.6. The van der Waals surface area contributed by atoms with Crippen molar-refractivity contribution in [2.45, 2.75) is 32.7 Å². The monoisotopic (exact) mass is 395 g/mol. The van der Waals surface area contributed by atoms with E-state index in [2.05, 4.69) is 73.0 Å². The Balaban J connectivity index is 1.53. The molecule has 1 fully saturated rings. The fourth-order valence-corrected chi connectivity index (χ4v) is 4.49. The number of nitrogens with zero attached hydrogens (tertiary/aromatic N) is 3. The number of aromatic nitrogens is 2. The van der Waals surface area contributed by atoms with Crippen LogP contribution in [-0.2, 0) is 11.3 Å². The molecule has 150 valence electrons. The SMILES string of the molecule is Cc1cccc(Cn2c([C@H]3CC(=O)N(c4cccc(C)c4)C3)nc3ccccc32)c1. The van der Waals surface area contributed by atoms with Gasteiger partial charge in [-0.15, -0.1) is 0 Å². The molecular formula is C26H25N3O. The van der Waals surface area contributed by atoms with Gasteiger partial charge >= 0.3 is 0 Å².